The van der Waals surface area contributed by atoms with Crippen LogP contribution in [0.1, 0.15) is 12.5 Å². The van der Waals surface area contributed by atoms with Gasteiger partial charge in [-0.15, -0.1) is 0 Å². The van der Waals surface area contributed by atoms with Crippen LogP contribution in [0, 0.1) is 0 Å². The van der Waals surface area contributed by atoms with Gasteiger partial charge in [0.2, 0.25) is 0 Å². The Kier molecular flexibility index (Phi) is 6.24. The minimum absolute atomic E-state index is 0.640. The van der Waals surface area contributed by atoms with Gasteiger partial charge >= 0.3 is 0 Å². The van der Waals surface area contributed by atoms with Crippen molar-refractivity contribution in [2.45, 2.75) is 13.5 Å². The summed E-state index contributed by atoms with van der Waals surface area (Å²) in [6.07, 6.45) is 0.750. The van der Waals surface area contributed by atoms with Gasteiger partial charge in [0.05, 0.1) is 0 Å². The number of benzene rings is 1. The van der Waals surface area contributed by atoms with Crippen molar-refractivity contribution < 1.29 is 4.79 Å². The van der Waals surface area contributed by atoms with Gasteiger partial charge in [0.15, 0.2) is 0 Å². The average molecular weight is 151 g/mol. The van der Waals surface area contributed by atoms with Gasteiger partial charge in [0.1, 0.15) is 6.29 Å². The highest BCUT2D eigenvalue weighted by Gasteiger charge is 1.80. The highest BCUT2D eigenvalue weighted by Crippen LogP contribution is 1.94. The molecule has 1 rings (SSSR count). The van der Waals surface area contributed by atoms with Crippen LogP contribution < -0.4 is 5.73 Å². The van der Waals surface area contributed by atoms with Crippen molar-refractivity contribution in [3.05, 3.63) is 35.9 Å². The molecule has 0 saturated heterocycles. The summed E-state index contributed by atoms with van der Waals surface area (Å²) in [7, 11) is 0. The molecule has 0 heterocycles. The Hall–Kier alpha value is -1.15. The molecule has 0 saturated carbocycles. The van der Waals surface area contributed by atoms with Crippen molar-refractivity contribution in [1.29, 1.82) is 0 Å². The third-order valence-corrected chi connectivity index (χ3v) is 1.08. The van der Waals surface area contributed by atoms with E-state index >= 15 is 0 Å². The number of rotatable bonds is 1. The fourth-order valence-electron chi connectivity index (χ4n) is 0.614. The normalized spacial score (nSPS) is 7.82. The molecule has 0 atom stereocenters. The third kappa shape index (κ3) is 5.30. The van der Waals surface area contributed by atoms with Crippen LogP contribution in [-0.2, 0) is 11.3 Å². The van der Waals surface area contributed by atoms with E-state index < -0.39 is 0 Å². The molecule has 0 aliphatic rings. The predicted octanol–water partition coefficient (Wildman–Crippen LogP) is 1.35. The second-order valence-corrected chi connectivity index (χ2v) is 1.93. The summed E-state index contributed by atoms with van der Waals surface area (Å²) in [6.45, 7) is 2.08. The lowest BCUT2D eigenvalue weighted by atomic mass is 10.2. The SMILES string of the molecule is CC=O.NCc1ccccc1. The summed E-state index contributed by atoms with van der Waals surface area (Å²) in [5.74, 6) is 0. The fourth-order valence-corrected chi connectivity index (χ4v) is 0.614. The van der Waals surface area contributed by atoms with Gasteiger partial charge in [-0.1, -0.05) is 30.3 Å². The quantitative estimate of drug-likeness (QED) is 0.616. The van der Waals surface area contributed by atoms with E-state index in [1.54, 1.807) is 0 Å². The Bertz CT molecular complexity index is 184. The lowest BCUT2D eigenvalue weighted by Crippen LogP contribution is -1.94. The molecule has 0 radical (unpaired) electrons. The molecule has 2 heteroatoms. The number of hydrogen-bond acceptors (Lipinski definition) is 2. The molecule has 0 bridgehead atoms. The molecule has 0 aromatic heterocycles. The summed E-state index contributed by atoms with van der Waals surface area (Å²) >= 11 is 0. The molecular weight excluding hydrogens is 138 g/mol. The molecule has 1 aromatic rings. The molecule has 2 N–H and O–H groups in total. The highest BCUT2D eigenvalue weighted by molar-refractivity contribution is 5.44. The van der Waals surface area contributed by atoms with Crippen LogP contribution >= 0.6 is 0 Å². The van der Waals surface area contributed by atoms with Crippen molar-refractivity contribution in [2.24, 2.45) is 5.73 Å². The molecule has 0 aliphatic carbocycles. The van der Waals surface area contributed by atoms with Crippen LogP contribution in [0.25, 0.3) is 0 Å². The minimum atomic E-state index is 0.640. The Morgan fingerprint density at radius 1 is 1.36 bits per heavy atom. The minimum Gasteiger partial charge on any atom is -0.326 e. The number of nitrogens with two attached hydrogens (primary N) is 1. The zero-order valence-corrected chi connectivity index (χ0v) is 6.66. The van der Waals surface area contributed by atoms with E-state index in [2.05, 4.69) is 0 Å². The maximum atomic E-state index is 8.81. The maximum absolute atomic E-state index is 8.81. The van der Waals surface area contributed by atoms with Gasteiger partial charge in [-0.2, -0.15) is 0 Å². The smallest absolute Gasteiger partial charge is 0.116 e. The number of hydrogen-bond donors (Lipinski definition) is 1. The topological polar surface area (TPSA) is 43.1 Å². The van der Waals surface area contributed by atoms with Crippen LogP contribution in [-0.4, -0.2) is 6.29 Å². The predicted molar refractivity (Wildman–Crippen MR) is 46.1 cm³/mol. The molecule has 0 spiro atoms. The first-order valence-corrected chi connectivity index (χ1v) is 3.49. The van der Waals surface area contributed by atoms with E-state index in [9.17, 15) is 0 Å². The Labute approximate surface area is 67.0 Å². The van der Waals surface area contributed by atoms with E-state index in [4.69, 9.17) is 10.5 Å². The monoisotopic (exact) mass is 151 g/mol. The van der Waals surface area contributed by atoms with Gasteiger partial charge in [0, 0.05) is 6.54 Å². The van der Waals surface area contributed by atoms with Gasteiger partial charge in [-0.3, -0.25) is 0 Å². The van der Waals surface area contributed by atoms with Crippen LogP contribution in [0.15, 0.2) is 30.3 Å². The zero-order chi connectivity index (χ0) is 8.53. The number of carbonyl (C=O) groups excluding carboxylic acids is 1. The molecule has 0 fully saturated rings. The van der Waals surface area contributed by atoms with Crippen molar-refractivity contribution in [3.8, 4) is 0 Å². The fraction of sp³-hybridized carbons (Fsp3) is 0.222. The second-order valence-electron chi connectivity index (χ2n) is 1.93. The van der Waals surface area contributed by atoms with Crippen LogP contribution in [0.4, 0.5) is 0 Å². The lowest BCUT2D eigenvalue weighted by Gasteiger charge is -1.90. The van der Waals surface area contributed by atoms with Crippen molar-refractivity contribution >= 4 is 6.29 Å². The summed E-state index contributed by atoms with van der Waals surface area (Å²) < 4.78 is 0. The number of aldehydes is 1. The van der Waals surface area contributed by atoms with Crippen molar-refractivity contribution in [2.75, 3.05) is 0 Å². The first kappa shape index (κ1) is 9.85. The highest BCUT2D eigenvalue weighted by atomic mass is 16.1. The summed E-state index contributed by atoms with van der Waals surface area (Å²) in [4.78, 5) is 8.81. The van der Waals surface area contributed by atoms with Crippen LogP contribution in [0.5, 0.6) is 0 Å². The molecule has 60 valence electrons. The van der Waals surface area contributed by atoms with Gasteiger partial charge in [-0.25, -0.2) is 0 Å². The molecule has 0 amide bonds. The van der Waals surface area contributed by atoms with E-state index in [0.717, 1.165) is 6.29 Å². The second kappa shape index (κ2) is 6.96. The van der Waals surface area contributed by atoms with Crippen LogP contribution in [0.2, 0.25) is 0 Å². The molecule has 0 unspecified atom stereocenters. The van der Waals surface area contributed by atoms with Crippen molar-refractivity contribution in [3.63, 3.8) is 0 Å². The first-order valence-electron chi connectivity index (χ1n) is 3.49. The van der Waals surface area contributed by atoms with Crippen molar-refractivity contribution in [1.82, 2.24) is 0 Å². The molecule has 0 aliphatic heterocycles. The lowest BCUT2D eigenvalue weighted by molar-refractivity contribution is -0.106. The molecular formula is C9H13NO. The van der Waals surface area contributed by atoms with E-state index in [1.807, 2.05) is 30.3 Å². The van der Waals surface area contributed by atoms with Gasteiger partial charge < -0.3 is 10.5 Å². The van der Waals surface area contributed by atoms with E-state index in [-0.39, 0.29) is 0 Å². The number of carbonyl (C=O) groups is 1. The average Bonchev–Trinajstić information content (AvgIpc) is 2.08. The summed E-state index contributed by atoms with van der Waals surface area (Å²) in [6, 6.07) is 9.99. The third-order valence-electron chi connectivity index (χ3n) is 1.08. The molecule has 11 heavy (non-hydrogen) atoms. The largest absolute Gasteiger partial charge is 0.326 e. The van der Waals surface area contributed by atoms with E-state index in [0.29, 0.717) is 6.54 Å². The van der Waals surface area contributed by atoms with Crippen LogP contribution in [0.3, 0.4) is 0 Å². The maximum Gasteiger partial charge on any atom is 0.116 e. The first-order chi connectivity index (χ1) is 5.35. The van der Waals surface area contributed by atoms with Gasteiger partial charge in [-0.05, 0) is 12.5 Å². The Morgan fingerprint density at radius 2 is 1.82 bits per heavy atom. The molecule has 2 nitrogen and oxygen atoms in total. The summed E-state index contributed by atoms with van der Waals surface area (Å²) in [5.41, 5.74) is 6.54. The standard InChI is InChI=1S/C7H9N.C2H4O/c8-6-7-4-2-1-3-5-7;1-2-3/h1-5H,6,8H2;2H,1H3. The summed E-state index contributed by atoms with van der Waals surface area (Å²) in [5, 5.41) is 0. The zero-order valence-electron chi connectivity index (χ0n) is 6.66. The molecule has 1 aromatic carbocycles. The van der Waals surface area contributed by atoms with Gasteiger partial charge in [0.25, 0.3) is 0 Å². The van der Waals surface area contributed by atoms with E-state index in [1.165, 1.54) is 12.5 Å². The Balaban J connectivity index is 0.000000292. The Morgan fingerprint density at radius 3 is 2.09 bits per heavy atom.